The molecule has 2 aliphatic heterocycles. The second kappa shape index (κ2) is 10.0. The quantitative estimate of drug-likeness (QED) is 0.752. The molecule has 0 radical (unpaired) electrons. The van der Waals surface area contributed by atoms with Crippen LogP contribution in [0.1, 0.15) is 31.7 Å². The number of nitrogens with zero attached hydrogens (tertiary/aromatic N) is 2. The molecule has 6 nitrogen and oxygen atoms in total. The largest absolute Gasteiger partial charge is 0.376 e. The highest BCUT2D eigenvalue weighted by atomic mass is 32.1. The number of anilines is 1. The molecule has 1 atom stereocenters. The van der Waals surface area contributed by atoms with Crippen LogP contribution in [0.3, 0.4) is 0 Å². The first-order valence-corrected chi connectivity index (χ1v) is 10.2. The topological polar surface area (TPSA) is 56.8 Å². The third-order valence-electron chi connectivity index (χ3n) is 5.06. The summed E-state index contributed by atoms with van der Waals surface area (Å²) in [5.74, 6) is -0.0422. The second-order valence-corrected chi connectivity index (χ2v) is 7.70. The molecular weight excluding hydrogens is 360 g/mol. The summed E-state index contributed by atoms with van der Waals surface area (Å²) < 4.78 is 5.66. The van der Waals surface area contributed by atoms with Gasteiger partial charge in [-0.2, -0.15) is 0 Å². The number of benzene rings is 1. The summed E-state index contributed by atoms with van der Waals surface area (Å²) >= 11 is 5.59. The van der Waals surface area contributed by atoms with E-state index in [1.54, 1.807) is 0 Å². The molecule has 2 saturated heterocycles. The lowest BCUT2D eigenvalue weighted by molar-refractivity contribution is -0.114. The smallest absolute Gasteiger partial charge is 0.221 e. The van der Waals surface area contributed by atoms with Gasteiger partial charge in [0.2, 0.25) is 5.91 Å². The molecule has 1 aromatic rings. The van der Waals surface area contributed by atoms with Gasteiger partial charge in [0.15, 0.2) is 5.11 Å². The normalized spacial score (nSPS) is 20.9. The van der Waals surface area contributed by atoms with E-state index in [9.17, 15) is 4.79 Å². The van der Waals surface area contributed by atoms with Crippen molar-refractivity contribution >= 4 is 28.9 Å². The Morgan fingerprint density at radius 2 is 2.00 bits per heavy atom. The van der Waals surface area contributed by atoms with E-state index in [4.69, 9.17) is 17.0 Å². The molecule has 0 aromatic heterocycles. The maximum atomic E-state index is 11.1. The monoisotopic (exact) mass is 390 g/mol. The SMILES string of the molecule is CC(=O)Nc1ccc(CN2CCCN(C(=S)NCC3CCCO3)CC2)cc1. The lowest BCUT2D eigenvalue weighted by atomic mass is 10.2. The van der Waals surface area contributed by atoms with Gasteiger partial charge in [0, 0.05) is 58.5 Å². The molecule has 0 spiro atoms. The molecule has 1 unspecified atom stereocenters. The van der Waals surface area contributed by atoms with E-state index in [1.807, 2.05) is 12.1 Å². The molecule has 2 heterocycles. The number of nitrogens with one attached hydrogen (secondary N) is 2. The van der Waals surface area contributed by atoms with Crippen LogP contribution in [0.25, 0.3) is 0 Å². The number of carbonyl (C=O) groups excluding carboxylic acids is 1. The summed E-state index contributed by atoms with van der Waals surface area (Å²) in [6.45, 7) is 8.15. The second-order valence-electron chi connectivity index (χ2n) is 7.32. The molecule has 0 saturated carbocycles. The van der Waals surface area contributed by atoms with Gasteiger partial charge in [-0.15, -0.1) is 0 Å². The van der Waals surface area contributed by atoms with Crippen molar-refractivity contribution in [2.75, 3.05) is 44.6 Å². The van der Waals surface area contributed by atoms with Crippen LogP contribution in [0.4, 0.5) is 5.69 Å². The van der Waals surface area contributed by atoms with Crippen molar-refractivity contribution in [3.05, 3.63) is 29.8 Å². The summed E-state index contributed by atoms with van der Waals surface area (Å²) in [6.07, 6.45) is 3.70. The minimum Gasteiger partial charge on any atom is -0.376 e. The molecule has 0 bridgehead atoms. The highest BCUT2D eigenvalue weighted by Gasteiger charge is 2.19. The molecule has 2 N–H and O–H groups in total. The van der Waals surface area contributed by atoms with Crippen molar-refractivity contribution in [1.82, 2.24) is 15.1 Å². The summed E-state index contributed by atoms with van der Waals surface area (Å²) in [5, 5.41) is 7.05. The van der Waals surface area contributed by atoms with Gasteiger partial charge in [-0.3, -0.25) is 9.69 Å². The zero-order chi connectivity index (χ0) is 19.1. The Hall–Kier alpha value is -1.70. The van der Waals surface area contributed by atoms with E-state index in [-0.39, 0.29) is 5.91 Å². The van der Waals surface area contributed by atoms with Gasteiger partial charge in [-0.25, -0.2) is 0 Å². The number of thiocarbonyl (C=S) groups is 1. The predicted octanol–water partition coefficient (Wildman–Crippen LogP) is 2.21. The van der Waals surface area contributed by atoms with Crippen LogP contribution in [0.15, 0.2) is 24.3 Å². The molecule has 27 heavy (non-hydrogen) atoms. The van der Waals surface area contributed by atoms with Crippen LogP contribution in [0.5, 0.6) is 0 Å². The predicted molar refractivity (Wildman–Crippen MR) is 112 cm³/mol. The third-order valence-corrected chi connectivity index (χ3v) is 5.46. The Labute approximate surface area is 167 Å². The molecular formula is C20H30N4O2S. The minimum atomic E-state index is -0.0422. The van der Waals surface area contributed by atoms with Gasteiger partial charge in [-0.1, -0.05) is 12.1 Å². The number of ether oxygens (including phenoxy) is 1. The Morgan fingerprint density at radius 3 is 2.70 bits per heavy atom. The Morgan fingerprint density at radius 1 is 1.19 bits per heavy atom. The fraction of sp³-hybridized carbons (Fsp3) is 0.600. The summed E-state index contributed by atoms with van der Waals surface area (Å²) in [5.41, 5.74) is 2.10. The van der Waals surface area contributed by atoms with Gasteiger partial charge in [-0.05, 0) is 49.2 Å². The van der Waals surface area contributed by atoms with E-state index in [0.29, 0.717) is 6.10 Å². The average molecular weight is 391 g/mol. The molecule has 7 heteroatoms. The number of carbonyl (C=O) groups is 1. The van der Waals surface area contributed by atoms with Gasteiger partial charge < -0.3 is 20.3 Å². The maximum absolute atomic E-state index is 11.1. The molecule has 3 rings (SSSR count). The van der Waals surface area contributed by atoms with E-state index < -0.39 is 0 Å². The first kappa shape index (κ1) is 20.0. The molecule has 1 amide bonds. The number of amides is 1. The van der Waals surface area contributed by atoms with Crippen molar-refractivity contribution < 1.29 is 9.53 Å². The van der Waals surface area contributed by atoms with Crippen molar-refractivity contribution in [2.45, 2.75) is 38.8 Å². The number of hydrogen-bond acceptors (Lipinski definition) is 4. The first-order chi connectivity index (χ1) is 13.1. The fourth-order valence-electron chi connectivity index (χ4n) is 3.61. The van der Waals surface area contributed by atoms with Gasteiger partial charge in [0.1, 0.15) is 0 Å². The average Bonchev–Trinajstić information content (AvgIpc) is 3.06. The Bertz CT molecular complexity index is 631. The van der Waals surface area contributed by atoms with E-state index >= 15 is 0 Å². The van der Waals surface area contributed by atoms with Crippen LogP contribution >= 0.6 is 12.2 Å². The van der Waals surface area contributed by atoms with E-state index in [1.165, 1.54) is 12.5 Å². The van der Waals surface area contributed by atoms with E-state index in [0.717, 1.165) is 75.9 Å². The molecule has 2 aliphatic rings. The van der Waals surface area contributed by atoms with Crippen LogP contribution in [0, 0.1) is 0 Å². The van der Waals surface area contributed by atoms with Crippen molar-refractivity contribution in [3.8, 4) is 0 Å². The maximum Gasteiger partial charge on any atom is 0.221 e. The summed E-state index contributed by atoms with van der Waals surface area (Å²) in [7, 11) is 0. The fourth-order valence-corrected chi connectivity index (χ4v) is 3.87. The molecule has 148 valence electrons. The molecule has 0 aliphatic carbocycles. The molecule has 2 fully saturated rings. The van der Waals surface area contributed by atoms with Crippen molar-refractivity contribution in [1.29, 1.82) is 0 Å². The zero-order valence-corrected chi connectivity index (χ0v) is 16.9. The van der Waals surface area contributed by atoms with E-state index in [2.05, 4.69) is 32.6 Å². The first-order valence-electron chi connectivity index (χ1n) is 9.83. The highest BCUT2D eigenvalue weighted by Crippen LogP contribution is 2.14. The van der Waals surface area contributed by atoms with Crippen LogP contribution < -0.4 is 10.6 Å². The van der Waals surface area contributed by atoms with Crippen LogP contribution in [-0.2, 0) is 16.1 Å². The zero-order valence-electron chi connectivity index (χ0n) is 16.1. The lowest BCUT2D eigenvalue weighted by Gasteiger charge is -2.25. The van der Waals surface area contributed by atoms with Crippen molar-refractivity contribution in [2.24, 2.45) is 0 Å². The summed E-state index contributed by atoms with van der Waals surface area (Å²) in [6, 6.07) is 8.10. The Balaban J connectivity index is 1.43. The van der Waals surface area contributed by atoms with Crippen LogP contribution in [-0.4, -0.2) is 66.3 Å². The van der Waals surface area contributed by atoms with Gasteiger partial charge in [0.05, 0.1) is 6.10 Å². The van der Waals surface area contributed by atoms with Gasteiger partial charge >= 0.3 is 0 Å². The number of hydrogen-bond donors (Lipinski definition) is 2. The molecule has 1 aromatic carbocycles. The summed E-state index contributed by atoms with van der Waals surface area (Å²) in [4.78, 5) is 15.9. The highest BCUT2D eigenvalue weighted by molar-refractivity contribution is 7.80. The van der Waals surface area contributed by atoms with Gasteiger partial charge in [0.25, 0.3) is 0 Å². The third kappa shape index (κ3) is 6.45. The lowest BCUT2D eigenvalue weighted by Crippen LogP contribution is -2.44. The minimum absolute atomic E-state index is 0.0422. The van der Waals surface area contributed by atoms with Crippen LogP contribution in [0.2, 0.25) is 0 Å². The Kier molecular flexibility index (Phi) is 7.43. The standard InChI is InChI=1S/C20H30N4O2S/c1-16(25)22-18-7-5-17(6-8-18)15-23-9-3-10-24(12-11-23)20(27)21-14-19-4-2-13-26-19/h5-8,19H,2-4,9-15H2,1H3,(H,21,27)(H,22,25). The number of rotatable bonds is 5. The van der Waals surface area contributed by atoms with Crippen molar-refractivity contribution in [3.63, 3.8) is 0 Å².